The molecule has 0 aromatic heterocycles. The van der Waals surface area contributed by atoms with Crippen molar-refractivity contribution in [2.75, 3.05) is 7.05 Å². The number of alkyl carbamates (subject to hydrolysis) is 1. The van der Waals surface area contributed by atoms with Crippen LogP contribution >= 0.6 is 0 Å². The minimum absolute atomic E-state index is 0.102. The van der Waals surface area contributed by atoms with Gasteiger partial charge in [0.15, 0.2) is 5.96 Å². The van der Waals surface area contributed by atoms with E-state index in [1.807, 2.05) is 26.8 Å². The van der Waals surface area contributed by atoms with Gasteiger partial charge in [-0.2, -0.15) is 5.26 Å². The van der Waals surface area contributed by atoms with E-state index in [2.05, 4.69) is 20.9 Å². The molecule has 1 aliphatic carbocycles. The first-order valence-corrected chi connectivity index (χ1v) is 9.85. The quantitative estimate of drug-likeness (QED) is 0.530. The van der Waals surface area contributed by atoms with Gasteiger partial charge in [-0.1, -0.05) is 6.07 Å². The molecule has 7 nitrogen and oxygen atoms in total. The monoisotopic (exact) mass is 403 g/mol. The fourth-order valence-corrected chi connectivity index (χ4v) is 3.18. The number of aliphatic imine (C=N–C) groups is 1. The maximum atomic E-state index is 14.0. The molecule has 0 bridgehead atoms. The summed E-state index contributed by atoms with van der Waals surface area (Å²) < 4.78 is 19.3. The Kier molecular flexibility index (Phi) is 7.82. The van der Waals surface area contributed by atoms with Gasteiger partial charge in [0, 0.05) is 31.2 Å². The lowest BCUT2D eigenvalue weighted by atomic mass is 9.91. The van der Waals surface area contributed by atoms with E-state index in [0.717, 1.165) is 25.7 Å². The number of rotatable bonds is 4. The minimum atomic E-state index is -0.505. The van der Waals surface area contributed by atoms with Crippen LogP contribution in [0.3, 0.4) is 0 Å². The molecule has 0 unspecified atom stereocenters. The Morgan fingerprint density at radius 2 is 1.86 bits per heavy atom. The second-order valence-corrected chi connectivity index (χ2v) is 8.18. The van der Waals surface area contributed by atoms with Crippen LogP contribution in [0.2, 0.25) is 0 Å². The van der Waals surface area contributed by atoms with Gasteiger partial charge in [0.25, 0.3) is 0 Å². The summed E-state index contributed by atoms with van der Waals surface area (Å²) in [7, 11) is 1.67. The summed E-state index contributed by atoms with van der Waals surface area (Å²) in [6.07, 6.45) is 3.07. The standard InChI is InChI=1S/C21H30FN5O2/c1-21(2,3)29-20(28)27-17-9-7-16(8-10-17)26-19(24-4)25-13-15-6-5-14(12-23)11-18(15)22/h5-6,11,16-17H,7-10,13H2,1-4H3,(H,27,28)(H2,24,25,26). The topological polar surface area (TPSA) is 98.5 Å². The zero-order chi connectivity index (χ0) is 21.4. The van der Waals surface area contributed by atoms with Crippen molar-refractivity contribution in [1.29, 1.82) is 5.26 Å². The molecule has 0 aliphatic heterocycles. The molecule has 0 saturated heterocycles. The molecular formula is C21H30FN5O2. The first-order chi connectivity index (χ1) is 13.7. The molecule has 8 heteroatoms. The van der Waals surface area contributed by atoms with Gasteiger partial charge in [-0.3, -0.25) is 4.99 Å². The van der Waals surface area contributed by atoms with E-state index in [0.29, 0.717) is 17.1 Å². The van der Waals surface area contributed by atoms with Crippen LogP contribution in [-0.2, 0) is 11.3 Å². The number of carbonyl (C=O) groups excluding carboxylic acids is 1. The molecule has 2 rings (SSSR count). The highest BCUT2D eigenvalue weighted by molar-refractivity contribution is 5.80. The fourth-order valence-electron chi connectivity index (χ4n) is 3.18. The van der Waals surface area contributed by atoms with Gasteiger partial charge in [-0.05, 0) is 58.6 Å². The van der Waals surface area contributed by atoms with Crippen LogP contribution in [0.5, 0.6) is 0 Å². The predicted octanol–water partition coefficient (Wildman–Crippen LogP) is 3.20. The highest BCUT2D eigenvalue weighted by Crippen LogP contribution is 2.19. The Morgan fingerprint density at radius 3 is 2.38 bits per heavy atom. The number of nitriles is 1. The Labute approximate surface area is 171 Å². The van der Waals surface area contributed by atoms with E-state index in [4.69, 9.17) is 10.00 Å². The van der Waals surface area contributed by atoms with Crippen molar-refractivity contribution in [3.63, 3.8) is 0 Å². The van der Waals surface area contributed by atoms with Crippen LogP contribution in [0.1, 0.15) is 57.6 Å². The number of nitrogens with one attached hydrogen (secondary N) is 3. The van der Waals surface area contributed by atoms with Crippen LogP contribution in [0.4, 0.5) is 9.18 Å². The van der Waals surface area contributed by atoms with Crippen LogP contribution in [0, 0.1) is 17.1 Å². The van der Waals surface area contributed by atoms with Crippen LogP contribution in [-0.4, -0.2) is 36.8 Å². The third-order valence-corrected chi connectivity index (χ3v) is 4.64. The number of amides is 1. The van der Waals surface area contributed by atoms with Gasteiger partial charge in [0.1, 0.15) is 11.4 Å². The molecule has 1 saturated carbocycles. The van der Waals surface area contributed by atoms with E-state index in [-0.39, 0.29) is 24.7 Å². The van der Waals surface area contributed by atoms with Crippen molar-refractivity contribution in [3.05, 3.63) is 35.1 Å². The lowest BCUT2D eigenvalue weighted by molar-refractivity contribution is 0.0490. The summed E-state index contributed by atoms with van der Waals surface area (Å²) in [5.74, 6) is 0.179. The summed E-state index contributed by atoms with van der Waals surface area (Å²) in [5.41, 5.74) is 0.262. The Hall–Kier alpha value is -2.82. The number of hydrogen-bond donors (Lipinski definition) is 3. The summed E-state index contributed by atoms with van der Waals surface area (Å²) in [6, 6.07) is 6.67. The highest BCUT2D eigenvalue weighted by Gasteiger charge is 2.25. The molecular weight excluding hydrogens is 373 g/mol. The maximum absolute atomic E-state index is 14.0. The van der Waals surface area contributed by atoms with E-state index in [9.17, 15) is 9.18 Å². The number of guanidine groups is 1. The number of hydrogen-bond acceptors (Lipinski definition) is 4. The zero-order valence-electron chi connectivity index (χ0n) is 17.5. The summed E-state index contributed by atoms with van der Waals surface area (Å²) in [6.45, 7) is 5.80. The Morgan fingerprint density at radius 1 is 1.24 bits per heavy atom. The van der Waals surface area contributed by atoms with Crippen LogP contribution in [0.15, 0.2) is 23.2 Å². The van der Waals surface area contributed by atoms with Gasteiger partial charge >= 0.3 is 6.09 Å². The van der Waals surface area contributed by atoms with Gasteiger partial charge < -0.3 is 20.7 Å². The van der Waals surface area contributed by atoms with E-state index >= 15 is 0 Å². The summed E-state index contributed by atoms with van der Waals surface area (Å²) >= 11 is 0. The van der Waals surface area contributed by atoms with Crippen LogP contribution in [0.25, 0.3) is 0 Å². The third kappa shape index (κ3) is 7.60. The van der Waals surface area contributed by atoms with Crippen molar-refractivity contribution >= 4 is 12.1 Å². The molecule has 1 aliphatic rings. The summed E-state index contributed by atoms with van der Waals surface area (Å²) in [4.78, 5) is 16.1. The van der Waals surface area contributed by atoms with Crippen molar-refractivity contribution in [3.8, 4) is 6.07 Å². The van der Waals surface area contributed by atoms with Crippen molar-refractivity contribution < 1.29 is 13.9 Å². The van der Waals surface area contributed by atoms with Gasteiger partial charge in [-0.15, -0.1) is 0 Å². The number of halogens is 1. The molecule has 1 aromatic carbocycles. The van der Waals surface area contributed by atoms with E-state index in [1.54, 1.807) is 19.2 Å². The number of nitrogens with zero attached hydrogens (tertiary/aromatic N) is 2. The average Bonchev–Trinajstić information content (AvgIpc) is 2.65. The highest BCUT2D eigenvalue weighted by atomic mass is 19.1. The number of ether oxygens (including phenoxy) is 1. The molecule has 0 heterocycles. The SMILES string of the molecule is CN=C(NCc1ccc(C#N)cc1F)NC1CCC(NC(=O)OC(C)(C)C)CC1. The smallest absolute Gasteiger partial charge is 0.407 e. The third-order valence-electron chi connectivity index (χ3n) is 4.64. The maximum Gasteiger partial charge on any atom is 0.407 e. The zero-order valence-corrected chi connectivity index (χ0v) is 17.5. The Bertz CT molecular complexity index is 774. The van der Waals surface area contributed by atoms with E-state index < -0.39 is 11.4 Å². The van der Waals surface area contributed by atoms with Gasteiger partial charge in [-0.25, -0.2) is 9.18 Å². The largest absolute Gasteiger partial charge is 0.444 e. The van der Waals surface area contributed by atoms with Crippen molar-refractivity contribution in [2.45, 2.75) is 70.7 Å². The lowest BCUT2D eigenvalue weighted by Crippen LogP contribution is -2.48. The molecule has 0 atom stereocenters. The van der Waals surface area contributed by atoms with Crippen molar-refractivity contribution in [1.82, 2.24) is 16.0 Å². The average molecular weight is 404 g/mol. The molecule has 0 radical (unpaired) electrons. The molecule has 1 fully saturated rings. The molecule has 29 heavy (non-hydrogen) atoms. The van der Waals surface area contributed by atoms with Gasteiger partial charge in [0.05, 0.1) is 11.6 Å². The van der Waals surface area contributed by atoms with Crippen LogP contribution < -0.4 is 16.0 Å². The lowest BCUT2D eigenvalue weighted by Gasteiger charge is -2.31. The summed E-state index contributed by atoms with van der Waals surface area (Å²) in [5, 5.41) is 18.2. The minimum Gasteiger partial charge on any atom is -0.444 e. The fraction of sp³-hybridized carbons (Fsp3) is 0.571. The second kappa shape index (κ2) is 10.1. The Balaban J connectivity index is 1.77. The number of benzene rings is 1. The molecule has 3 N–H and O–H groups in total. The second-order valence-electron chi connectivity index (χ2n) is 8.18. The normalized spacial score (nSPS) is 19.8. The van der Waals surface area contributed by atoms with Crippen molar-refractivity contribution in [2.24, 2.45) is 4.99 Å². The molecule has 158 valence electrons. The first kappa shape index (κ1) is 22.5. The number of carbonyl (C=O) groups is 1. The van der Waals surface area contributed by atoms with Gasteiger partial charge in [0.2, 0.25) is 0 Å². The molecule has 1 amide bonds. The molecule has 0 spiro atoms. The first-order valence-electron chi connectivity index (χ1n) is 9.85. The van der Waals surface area contributed by atoms with E-state index in [1.165, 1.54) is 6.07 Å². The predicted molar refractivity (Wildman–Crippen MR) is 110 cm³/mol. The molecule has 1 aromatic rings.